The first-order chi connectivity index (χ1) is 21.8. The zero-order valence-electron chi connectivity index (χ0n) is 25.2. The molecule has 1 aromatic heterocycles. The van der Waals surface area contributed by atoms with Crippen molar-refractivity contribution in [3.8, 4) is 5.75 Å². The number of hydrogen-bond acceptors (Lipinski definition) is 9. The number of fused-ring (bicyclic) bond motifs is 1. The maximum atomic E-state index is 13.3. The first kappa shape index (κ1) is 32.5. The summed E-state index contributed by atoms with van der Waals surface area (Å²) in [7, 11) is -2.43. The molecule has 3 heterocycles. The number of methoxy groups -OCH3 is 1. The van der Waals surface area contributed by atoms with Crippen molar-refractivity contribution in [1.29, 1.82) is 0 Å². The van der Waals surface area contributed by atoms with Gasteiger partial charge < -0.3 is 34.0 Å². The van der Waals surface area contributed by atoms with Crippen molar-refractivity contribution in [2.75, 3.05) is 53.0 Å². The Labute approximate surface area is 262 Å². The Kier molecular flexibility index (Phi) is 10.8. The Hall–Kier alpha value is -3.91. The van der Waals surface area contributed by atoms with Gasteiger partial charge in [-0.05, 0) is 49.2 Å². The summed E-state index contributed by atoms with van der Waals surface area (Å²) in [5.74, 6) is 0.0841. The molecule has 2 aliphatic heterocycles. The van der Waals surface area contributed by atoms with Crippen molar-refractivity contribution in [3.63, 3.8) is 0 Å². The van der Waals surface area contributed by atoms with Crippen LogP contribution in [0.15, 0.2) is 75.9 Å². The number of allylic oxidation sites excluding steroid dienone is 1. The van der Waals surface area contributed by atoms with Crippen LogP contribution in [-0.2, 0) is 29.1 Å². The van der Waals surface area contributed by atoms with Gasteiger partial charge in [0, 0.05) is 62.4 Å². The summed E-state index contributed by atoms with van der Waals surface area (Å²) < 4.78 is 50.6. The highest BCUT2D eigenvalue weighted by Crippen LogP contribution is 2.36. The topological polar surface area (TPSA) is 148 Å². The Morgan fingerprint density at radius 3 is 2.69 bits per heavy atom. The second-order valence-electron chi connectivity index (χ2n) is 10.9. The van der Waals surface area contributed by atoms with E-state index in [1.165, 1.54) is 19.2 Å². The number of sulfonamides is 1. The summed E-state index contributed by atoms with van der Waals surface area (Å²) in [5, 5.41) is 13.4. The second kappa shape index (κ2) is 14.9. The molecule has 0 spiro atoms. The first-order valence-corrected chi connectivity index (χ1v) is 16.5. The van der Waals surface area contributed by atoms with E-state index in [0.29, 0.717) is 38.1 Å². The lowest BCUT2D eigenvalue weighted by atomic mass is 9.92. The van der Waals surface area contributed by atoms with Gasteiger partial charge in [0.25, 0.3) is 5.91 Å². The second-order valence-corrected chi connectivity index (χ2v) is 12.8. The van der Waals surface area contributed by atoms with Crippen LogP contribution in [0.3, 0.4) is 0 Å². The van der Waals surface area contributed by atoms with Gasteiger partial charge in [-0.3, -0.25) is 9.59 Å². The molecule has 3 aromatic rings. The van der Waals surface area contributed by atoms with Crippen molar-refractivity contribution in [2.24, 2.45) is 0 Å². The molecule has 2 aliphatic rings. The zero-order chi connectivity index (χ0) is 31.8. The number of carbonyl (C=O) groups is 2. The Balaban J connectivity index is 1.25. The molecular weight excluding hydrogens is 602 g/mol. The molecule has 2 N–H and O–H groups in total. The predicted octanol–water partition coefficient (Wildman–Crippen LogP) is 2.98. The molecule has 1 fully saturated rings. The van der Waals surface area contributed by atoms with Crippen LogP contribution in [0.1, 0.15) is 37.2 Å². The van der Waals surface area contributed by atoms with Gasteiger partial charge in [0.2, 0.25) is 22.2 Å². The van der Waals surface area contributed by atoms with E-state index in [1.54, 1.807) is 29.4 Å². The van der Waals surface area contributed by atoms with Crippen LogP contribution in [0.2, 0.25) is 0 Å². The van der Waals surface area contributed by atoms with Gasteiger partial charge >= 0.3 is 0 Å². The highest BCUT2D eigenvalue weighted by atomic mass is 32.2. The highest BCUT2D eigenvalue weighted by Gasteiger charge is 2.31. The molecule has 0 bridgehead atoms. The number of likely N-dealkylation sites (tertiary alicyclic amines) is 1. The average Bonchev–Trinajstić information content (AvgIpc) is 3.68. The van der Waals surface area contributed by atoms with E-state index in [9.17, 15) is 23.1 Å². The number of hydrogen-bond donors (Lipinski definition) is 2. The molecular formula is C32H39N3O9S. The van der Waals surface area contributed by atoms with Crippen LogP contribution in [0.4, 0.5) is 0 Å². The van der Waals surface area contributed by atoms with E-state index < -0.39 is 22.2 Å². The molecule has 242 valence electrons. The number of aliphatic hydroxyl groups excluding tert-OH is 1. The summed E-state index contributed by atoms with van der Waals surface area (Å²) in [4.78, 5) is 26.9. The third kappa shape index (κ3) is 7.85. The summed E-state index contributed by atoms with van der Waals surface area (Å²) in [6, 6.07) is 13.6. The molecule has 0 aliphatic carbocycles. The maximum Gasteiger partial charge on any atom is 0.286 e. The van der Waals surface area contributed by atoms with Crippen molar-refractivity contribution in [3.05, 3.63) is 72.2 Å². The number of amides is 2. The van der Waals surface area contributed by atoms with E-state index in [0.717, 1.165) is 33.8 Å². The van der Waals surface area contributed by atoms with Gasteiger partial charge in [-0.25, -0.2) is 8.42 Å². The molecule has 12 nitrogen and oxygen atoms in total. The monoisotopic (exact) mass is 641 g/mol. The Morgan fingerprint density at radius 2 is 1.96 bits per heavy atom. The van der Waals surface area contributed by atoms with E-state index in [-0.39, 0.29) is 48.8 Å². The van der Waals surface area contributed by atoms with Crippen LogP contribution >= 0.6 is 0 Å². The van der Waals surface area contributed by atoms with Gasteiger partial charge in [-0.15, -0.1) is 0 Å². The molecule has 2 aromatic carbocycles. The van der Waals surface area contributed by atoms with E-state index in [1.807, 2.05) is 24.3 Å². The summed E-state index contributed by atoms with van der Waals surface area (Å²) in [5.41, 5.74) is 1.60. The van der Waals surface area contributed by atoms with Crippen molar-refractivity contribution in [1.82, 2.24) is 14.5 Å². The normalized spacial score (nSPS) is 18.7. The van der Waals surface area contributed by atoms with Crippen molar-refractivity contribution < 1.29 is 41.7 Å². The van der Waals surface area contributed by atoms with Gasteiger partial charge in [0.05, 0.1) is 31.5 Å². The lowest BCUT2D eigenvalue weighted by Gasteiger charge is -2.30. The fraction of sp³-hybridized carbons (Fsp3) is 0.438. The molecule has 2 amide bonds. The van der Waals surface area contributed by atoms with Gasteiger partial charge in [-0.2, -0.15) is 4.31 Å². The largest absolute Gasteiger partial charge is 0.497 e. The number of benzene rings is 2. The maximum absolute atomic E-state index is 13.3. The fourth-order valence-corrected chi connectivity index (χ4v) is 6.98. The SMILES string of the molecule is COc1ccc(S(=O)(=O)N(CCO)CCOC2CC(c3coc4ccccc34)C=C(C(=O)NCCCN3CCCC3=O)O2)cc1. The molecule has 45 heavy (non-hydrogen) atoms. The van der Waals surface area contributed by atoms with Gasteiger partial charge in [-0.1, -0.05) is 18.2 Å². The van der Waals surface area contributed by atoms with Crippen LogP contribution in [-0.4, -0.2) is 93.9 Å². The quantitative estimate of drug-likeness (QED) is 0.239. The first-order valence-electron chi connectivity index (χ1n) is 15.1. The van der Waals surface area contributed by atoms with E-state index >= 15 is 0 Å². The minimum absolute atomic E-state index is 0.0440. The van der Waals surface area contributed by atoms with E-state index in [2.05, 4.69) is 5.32 Å². The average molecular weight is 642 g/mol. The standard InChI is InChI=1S/C32H39N3O9S/c1-41-24-9-11-25(12-10-24)45(39,40)35(16-18-36)17-19-42-31-21-23(27-22-43-28-7-3-2-6-26(27)28)20-29(44-31)32(38)33-13-5-15-34-14-4-8-30(34)37/h2-3,6-7,9-12,20,22-23,31,36H,4-5,8,13-19,21H2,1H3,(H,33,38). The number of ether oxygens (including phenoxy) is 3. The summed E-state index contributed by atoms with van der Waals surface area (Å²) in [6.07, 6.45) is 4.99. The lowest BCUT2D eigenvalue weighted by molar-refractivity contribution is -0.146. The number of nitrogens with zero attached hydrogens (tertiary/aromatic N) is 2. The van der Waals surface area contributed by atoms with Crippen LogP contribution in [0.5, 0.6) is 5.75 Å². The molecule has 2 unspecified atom stereocenters. The Morgan fingerprint density at radius 1 is 1.16 bits per heavy atom. The summed E-state index contributed by atoms with van der Waals surface area (Å²) >= 11 is 0. The molecule has 2 atom stereocenters. The van der Waals surface area contributed by atoms with Gasteiger partial charge in [0.1, 0.15) is 11.3 Å². The predicted molar refractivity (Wildman–Crippen MR) is 165 cm³/mol. The molecule has 0 radical (unpaired) electrons. The Bertz CT molecular complexity index is 1600. The van der Waals surface area contributed by atoms with Crippen LogP contribution in [0, 0.1) is 0 Å². The number of carbonyl (C=O) groups excluding carboxylic acids is 2. The molecule has 13 heteroatoms. The van der Waals surface area contributed by atoms with Crippen molar-refractivity contribution in [2.45, 2.75) is 42.8 Å². The minimum atomic E-state index is -3.92. The number of nitrogens with one attached hydrogen (secondary N) is 1. The van der Waals surface area contributed by atoms with Crippen molar-refractivity contribution >= 4 is 32.8 Å². The number of rotatable bonds is 15. The minimum Gasteiger partial charge on any atom is -0.497 e. The zero-order valence-corrected chi connectivity index (χ0v) is 26.0. The molecule has 0 saturated carbocycles. The number of para-hydroxylation sites is 1. The number of aliphatic hydroxyl groups is 1. The van der Waals surface area contributed by atoms with E-state index in [4.69, 9.17) is 18.6 Å². The van der Waals surface area contributed by atoms with Crippen LogP contribution in [0.25, 0.3) is 11.0 Å². The van der Waals surface area contributed by atoms with Crippen LogP contribution < -0.4 is 10.1 Å². The fourth-order valence-electron chi connectivity index (χ4n) is 5.57. The lowest BCUT2D eigenvalue weighted by Crippen LogP contribution is -2.38. The molecule has 1 saturated heterocycles. The molecule has 5 rings (SSSR count). The third-order valence-electron chi connectivity index (χ3n) is 7.94. The number of furan rings is 1. The third-order valence-corrected chi connectivity index (χ3v) is 9.86. The highest BCUT2D eigenvalue weighted by molar-refractivity contribution is 7.89. The van der Waals surface area contributed by atoms with Gasteiger partial charge in [0.15, 0.2) is 5.76 Å². The summed E-state index contributed by atoms with van der Waals surface area (Å²) in [6.45, 7) is 1.11. The smallest absolute Gasteiger partial charge is 0.286 e.